The molecule has 1 rings (SSSR count). The Morgan fingerprint density at radius 3 is 2.83 bits per heavy atom. The number of hydrogen-bond donors (Lipinski definition) is 3. The third-order valence-electron chi connectivity index (χ3n) is 2.28. The van der Waals surface area contributed by atoms with Crippen LogP contribution in [0.1, 0.15) is 19.8 Å². The van der Waals surface area contributed by atoms with Crippen molar-refractivity contribution in [2.24, 2.45) is 0 Å². The van der Waals surface area contributed by atoms with Gasteiger partial charge in [0.15, 0.2) is 0 Å². The first-order chi connectivity index (χ1) is 8.63. The molecule has 8 heteroatoms. The number of hydrogen-bond acceptors (Lipinski definition) is 4. The molecule has 18 heavy (non-hydrogen) atoms. The summed E-state index contributed by atoms with van der Waals surface area (Å²) in [5.74, 6) is -1.02. The summed E-state index contributed by atoms with van der Waals surface area (Å²) >= 11 is 0. The van der Waals surface area contributed by atoms with Crippen LogP contribution in [0, 0.1) is 0 Å². The van der Waals surface area contributed by atoms with E-state index in [4.69, 9.17) is 5.11 Å². The quantitative estimate of drug-likeness (QED) is 0.626. The van der Waals surface area contributed by atoms with E-state index in [1.807, 2.05) is 6.92 Å². The molecule has 0 unspecified atom stereocenters. The van der Waals surface area contributed by atoms with Crippen molar-refractivity contribution < 1.29 is 14.7 Å². The highest BCUT2D eigenvalue weighted by Crippen LogP contribution is 1.96. The minimum absolute atomic E-state index is 0.355. The monoisotopic (exact) mass is 255 g/mol. The van der Waals surface area contributed by atoms with Gasteiger partial charge < -0.3 is 15.7 Å². The Labute approximate surface area is 104 Å². The van der Waals surface area contributed by atoms with Gasteiger partial charge in [-0.25, -0.2) is 9.59 Å². The average Bonchev–Trinajstić information content (AvgIpc) is 2.81. The molecule has 0 aliphatic carbocycles. The highest BCUT2D eigenvalue weighted by Gasteiger charge is 2.18. The molecule has 0 saturated carbocycles. The highest BCUT2D eigenvalue weighted by atomic mass is 16.4. The van der Waals surface area contributed by atoms with E-state index >= 15 is 0 Å². The van der Waals surface area contributed by atoms with Gasteiger partial charge in [-0.1, -0.05) is 18.6 Å². The molecule has 0 aliphatic heterocycles. The van der Waals surface area contributed by atoms with Crippen LogP contribution in [0.5, 0.6) is 0 Å². The fourth-order valence-corrected chi connectivity index (χ4v) is 1.39. The van der Waals surface area contributed by atoms with E-state index in [1.54, 1.807) is 17.1 Å². The van der Waals surface area contributed by atoms with E-state index < -0.39 is 18.0 Å². The maximum absolute atomic E-state index is 11.4. The zero-order chi connectivity index (χ0) is 13.4. The Hall–Kier alpha value is -2.12. The van der Waals surface area contributed by atoms with Crippen molar-refractivity contribution >= 4 is 12.0 Å². The van der Waals surface area contributed by atoms with Crippen LogP contribution in [-0.2, 0) is 11.3 Å². The summed E-state index contributed by atoms with van der Waals surface area (Å²) in [4.78, 5) is 22.3. The smallest absolute Gasteiger partial charge is 0.326 e. The van der Waals surface area contributed by atoms with Crippen LogP contribution in [-0.4, -0.2) is 44.7 Å². The number of nitrogens with zero attached hydrogens (tertiary/aromatic N) is 3. The molecule has 0 bridgehead atoms. The summed E-state index contributed by atoms with van der Waals surface area (Å²) in [6.45, 7) is 2.70. The number of rotatable bonds is 7. The van der Waals surface area contributed by atoms with Crippen LogP contribution in [0.3, 0.4) is 0 Å². The first-order valence-electron chi connectivity index (χ1n) is 5.74. The second-order valence-corrected chi connectivity index (χ2v) is 3.75. The number of aromatic nitrogens is 3. The average molecular weight is 255 g/mol. The number of urea groups is 1. The highest BCUT2D eigenvalue weighted by molar-refractivity contribution is 5.82. The van der Waals surface area contributed by atoms with Crippen molar-refractivity contribution in [1.82, 2.24) is 25.6 Å². The van der Waals surface area contributed by atoms with Gasteiger partial charge in [-0.05, 0) is 6.42 Å². The van der Waals surface area contributed by atoms with Gasteiger partial charge >= 0.3 is 12.0 Å². The van der Waals surface area contributed by atoms with Gasteiger partial charge in [-0.3, -0.25) is 4.68 Å². The molecule has 1 heterocycles. The lowest BCUT2D eigenvalue weighted by Crippen LogP contribution is -2.46. The van der Waals surface area contributed by atoms with E-state index in [9.17, 15) is 9.59 Å². The van der Waals surface area contributed by atoms with Gasteiger partial charge in [0.2, 0.25) is 0 Å². The summed E-state index contributed by atoms with van der Waals surface area (Å²) < 4.78 is 1.57. The fraction of sp³-hybridized carbons (Fsp3) is 0.600. The normalized spacial score (nSPS) is 11.8. The Bertz CT molecular complexity index is 379. The summed E-state index contributed by atoms with van der Waals surface area (Å²) in [6.07, 6.45) is 4.32. The molecule has 0 saturated heterocycles. The number of carbonyl (C=O) groups is 2. The van der Waals surface area contributed by atoms with E-state index in [-0.39, 0.29) is 0 Å². The molecule has 2 amide bonds. The molecule has 0 spiro atoms. The molecular formula is C10H17N5O3. The number of carboxylic acids is 1. The maximum Gasteiger partial charge on any atom is 0.326 e. The molecule has 8 nitrogen and oxygen atoms in total. The summed E-state index contributed by atoms with van der Waals surface area (Å²) in [5.41, 5.74) is 0. The Morgan fingerprint density at radius 2 is 2.28 bits per heavy atom. The van der Waals surface area contributed by atoms with Crippen LogP contribution in [0.15, 0.2) is 12.4 Å². The fourth-order valence-electron chi connectivity index (χ4n) is 1.39. The van der Waals surface area contributed by atoms with E-state index in [1.165, 1.54) is 0 Å². The topological polar surface area (TPSA) is 109 Å². The molecule has 100 valence electrons. The van der Waals surface area contributed by atoms with Gasteiger partial charge in [-0.2, -0.15) is 0 Å². The van der Waals surface area contributed by atoms with E-state index in [0.29, 0.717) is 25.9 Å². The zero-order valence-corrected chi connectivity index (χ0v) is 10.2. The van der Waals surface area contributed by atoms with E-state index in [0.717, 1.165) is 0 Å². The second kappa shape index (κ2) is 7.25. The van der Waals surface area contributed by atoms with Crippen molar-refractivity contribution in [2.45, 2.75) is 32.4 Å². The molecular weight excluding hydrogens is 238 g/mol. The standard InChI is InChI=1S/C10H17N5O3/c1-2-3-8(9(16)17)13-10(18)11-4-6-15-7-5-12-14-15/h5,7-8H,2-4,6H2,1H3,(H,16,17)(H2,11,13,18)/t8-/m0/s1. The number of aliphatic carboxylic acids is 1. The molecule has 1 aromatic rings. The zero-order valence-electron chi connectivity index (χ0n) is 10.2. The molecule has 1 aromatic heterocycles. The minimum Gasteiger partial charge on any atom is -0.480 e. The van der Waals surface area contributed by atoms with Crippen LogP contribution >= 0.6 is 0 Å². The maximum atomic E-state index is 11.4. The molecule has 0 radical (unpaired) electrons. The number of carboxylic acid groups (broad SMARTS) is 1. The summed E-state index contributed by atoms with van der Waals surface area (Å²) in [5, 5.41) is 21.2. The van der Waals surface area contributed by atoms with Crippen molar-refractivity contribution in [3.8, 4) is 0 Å². The first-order valence-corrected chi connectivity index (χ1v) is 5.74. The number of amides is 2. The third kappa shape index (κ3) is 4.81. The Morgan fingerprint density at radius 1 is 1.50 bits per heavy atom. The SMILES string of the molecule is CCC[C@H](NC(=O)NCCn1ccnn1)C(=O)O. The van der Waals surface area contributed by atoms with Crippen molar-refractivity contribution in [2.75, 3.05) is 6.54 Å². The Balaban J connectivity index is 2.25. The lowest BCUT2D eigenvalue weighted by Gasteiger charge is -2.14. The molecule has 0 aromatic carbocycles. The summed E-state index contributed by atoms with van der Waals surface area (Å²) in [6, 6.07) is -1.34. The molecule has 1 atom stereocenters. The van der Waals surface area contributed by atoms with Crippen LogP contribution in [0.2, 0.25) is 0 Å². The van der Waals surface area contributed by atoms with Crippen molar-refractivity contribution in [3.05, 3.63) is 12.4 Å². The third-order valence-corrected chi connectivity index (χ3v) is 2.28. The summed E-state index contributed by atoms with van der Waals surface area (Å²) in [7, 11) is 0. The second-order valence-electron chi connectivity index (χ2n) is 3.75. The molecule has 3 N–H and O–H groups in total. The molecule has 0 fully saturated rings. The van der Waals surface area contributed by atoms with Crippen LogP contribution in [0.25, 0.3) is 0 Å². The van der Waals surface area contributed by atoms with Crippen LogP contribution < -0.4 is 10.6 Å². The van der Waals surface area contributed by atoms with Gasteiger partial charge in [0.05, 0.1) is 12.7 Å². The van der Waals surface area contributed by atoms with Gasteiger partial charge in [-0.15, -0.1) is 5.10 Å². The number of nitrogens with one attached hydrogen (secondary N) is 2. The minimum atomic E-state index is -1.02. The lowest BCUT2D eigenvalue weighted by molar-refractivity contribution is -0.139. The van der Waals surface area contributed by atoms with Crippen LogP contribution in [0.4, 0.5) is 4.79 Å². The first kappa shape index (κ1) is 13.9. The largest absolute Gasteiger partial charge is 0.480 e. The van der Waals surface area contributed by atoms with E-state index in [2.05, 4.69) is 20.9 Å². The van der Waals surface area contributed by atoms with Gasteiger partial charge in [0.25, 0.3) is 0 Å². The number of carbonyl (C=O) groups excluding carboxylic acids is 1. The van der Waals surface area contributed by atoms with Crippen molar-refractivity contribution in [3.63, 3.8) is 0 Å². The molecule has 0 aliphatic rings. The van der Waals surface area contributed by atoms with Gasteiger partial charge in [0, 0.05) is 12.7 Å². The predicted molar refractivity (Wildman–Crippen MR) is 62.9 cm³/mol. The van der Waals surface area contributed by atoms with Gasteiger partial charge in [0.1, 0.15) is 6.04 Å². The predicted octanol–water partition coefficient (Wildman–Crippen LogP) is -0.169. The lowest BCUT2D eigenvalue weighted by atomic mass is 10.2. The van der Waals surface area contributed by atoms with Crippen molar-refractivity contribution in [1.29, 1.82) is 0 Å². The Kier molecular flexibility index (Phi) is 5.62.